The molecular weight excluding hydrogens is 550 g/mol. The summed E-state index contributed by atoms with van der Waals surface area (Å²) in [5.74, 6) is 50.6. The molecule has 0 heterocycles. The molecule has 0 aliphatic rings. The van der Waals surface area contributed by atoms with Crippen LogP contribution in [-0.2, 0) is 0 Å². The van der Waals surface area contributed by atoms with Gasteiger partial charge in [-0.25, -0.2) is 0 Å². The molecule has 0 nitrogen and oxygen atoms in total. The lowest BCUT2D eigenvalue weighted by Crippen LogP contribution is -2.79. The van der Waals surface area contributed by atoms with Gasteiger partial charge in [-0.2, -0.15) is 0 Å². The summed E-state index contributed by atoms with van der Waals surface area (Å²) >= 11 is 0. The van der Waals surface area contributed by atoms with E-state index in [0.717, 1.165) is 0 Å². The van der Waals surface area contributed by atoms with Crippen LogP contribution in [0.5, 0.6) is 0 Å². The van der Waals surface area contributed by atoms with Crippen molar-refractivity contribution < 1.29 is 0 Å². The molecule has 0 bridgehead atoms. The Balaban J connectivity index is -0.000000170. The van der Waals surface area contributed by atoms with E-state index in [0.29, 0.717) is 0 Å². The zero-order chi connectivity index (χ0) is 33.9. The highest BCUT2D eigenvalue weighted by molar-refractivity contribution is 8.18. The van der Waals surface area contributed by atoms with Crippen molar-refractivity contribution >= 4 is 157 Å². The van der Waals surface area contributed by atoms with Gasteiger partial charge in [-0.1, -0.05) is 41.5 Å². The Morgan fingerprint density at radius 2 is 0.417 bits per heavy atom. The van der Waals surface area contributed by atoms with Crippen LogP contribution in [0, 0.1) is 118 Å². The van der Waals surface area contributed by atoms with E-state index in [1.807, 2.05) is 0 Å². The van der Waals surface area contributed by atoms with Gasteiger partial charge in [0.25, 0.3) is 0 Å². The van der Waals surface area contributed by atoms with Crippen LogP contribution >= 0.6 is 0 Å². The minimum Gasteiger partial charge on any atom is -0.0925 e. The van der Waals surface area contributed by atoms with Crippen molar-refractivity contribution in [3.63, 3.8) is 0 Å². The van der Waals surface area contributed by atoms with Gasteiger partial charge in [0.1, 0.15) is 0 Å². The minimum atomic E-state index is -0.918. The Morgan fingerprint density at radius 1 is 0.250 bits per heavy atom. The lowest BCUT2D eigenvalue weighted by atomic mass is 8.40. The van der Waals surface area contributed by atoms with Gasteiger partial charge in [0.05, 0.1) is 0 Å². The van der Waals surface area contributed by atoms with E-state index >= 15 is 0 Å². The zero-order valence-corrected chi connectivity index (χ0v) is 24.7. The largest absolute Gasteiger partial charge is 0.0925 e. The van der Waals surface area contributed by atoms with Gasteiger partial charge < -0.3 is 0 Å². The molecule has 0 aliphatic heterocycles. The molecule has 0 saturated carbocycles. The SMILES string of the molecule is C.C.C.C.CC#CC#CC#CC#CC#CC#CC#CC#CC#CC#CC.[B]B([B])B(B([B])[B])B([B])B([B])B(B([B])[B])B(B([B])[B])B([B])[B]. The summed E-state index contributed by atoms with van der Waals surface area (Å²) in [6, 6.07) is 0. The average molecular weight is 572 g/mol. The molecule has 24 radical (unpaired) electrons. The van der Waals surface area contributed by atoms with Crippen molar-refractivity contribution in [2.45, 2.75) is 43.6 Å². The van der Waals surface area contributed by atoms with Crippen LogP contribution in [0.1, 0.15) is 43.6 Å². The van der Waals surface area contributed by atoms with Gasteiger partial charge in [0.2, 0.25) is 0 Å². The summed E-state index contributed by atoms with van der Waals surface area (Å²) in [6.07, 6.45) is -8.13. The Hall–Kier alpha value is -2.97. The van der Waals surface area contributed by atoms with Crippen LogP contribution in [0.2, 0.25) is 0 Å². The van der Waals surface area contributed by atoms with Crippen molar-refractivity contribution in [2.24, 2.45) is 0 Å². The van der Waals surface area contributed by atoms with Crippen LogP contribution in [0.3, 0.4) is 0 Å². The third-order valence-electron chi connectivity index (χ3n) is 5.31. The van der Waals surface area contributed by atoms with Crippen molar-refractivity contribution in [3.05, 3.63) is 0 Å². The summed E-state index contributed by atoms with van der Waals surface area (Å²) in [5.41, 5.74) is 0. The second-order valence-corrected chi connectivity index (χ2v) is 8.52. The molecule has 0 aromatic rings. The second kappa shape index (κ2) is 36.9. The van der Waals surface area contributed by atoms with Crippen molar-refractivity contribution in [1.82, 2.24) is 0 Å². The molecule has 22 heteroatoms. The summed E-state index contributed by atoms with van der Waals surface area (Å²) in [6.45, 7) is 3.40. The molecule has 0 amide bonds. The van der Waals surface area contributed by atoms with E-state index in [-0.39, 0.29) is 29.7 Å². The standard InChI is InChI=1S/C22H6.4CH4.B22/c1-3-5-7-9-11-13-15-17-19-21-22-20-18-16-14-12-10-8-6-4-2;;;;;1-13(2)20(14(3)4)18(11)19(12)22(17(9)10)21(15(5)6)16(7)8/h1-2H3;4*1H4;. The van der Waals surface area contributed by atoms with Crippen molar-refractivity contribution in [1.29, 1.82) is 0 Å². The molecule has 0 N–H and O–H groups in total. The van der Waals surface area contributed by atoms with E-state index in [2.05, 4.69) is 118 Å². The van der Waals surface area contributed by atoms with E-state index in [9.17, 15) is 0 Å². The van der Waals surface area contributed by atoms with Gasteiger partial charge in [-0.05, 0) is 109 Å². The van der Waals surface area contributed by atoms with E-state index in [1.165, 1.54) is 0 Å². The summed E-state index contributed by atoms with van der Waals surface area (Å²) in [4.78, 5) is 0. The molecule has 0 aromatic heterocycles. The molecule has 0 unspecified atom stereocenters. The van der Waals surface area contributed by atoms with E-state index in [4.69, 9.17) is 92.8 Å². The lowest BCUT2D eigenvalue weighted by Gasteiger charge is -2.41. The number of hydrogen-bond donors (Lipinski definition) is 0. The molecule has 0 rings (SSSR count). The highest BCUT2D eigenvalue weighted by atomic mass is 13.6. The first-order valence-corrected chi connectivity index (χ1v) is 12.8. The quantitative estimate of drug-likeness (QED) is 0.193. The number of rotatable bonds is 9. The predicted molar refractivity (Wildman–Crippen MR) is 243 cm³/mol. The van der Waals surface area contributed by atoms with Crippen LogP contribution in [0.4, 0.5) is 0 Å². The molecular formula is C26H22B22. The third kappa shape index (κ3) is 28.1. The minimum absolute atomic E-state index is 0. The maximum Gasteiger partial charge on any atom is 0 e. The zero-order valence-electron chi connectivity index (χ0n) is 24.7. The first-order valence-electron chi connectivity index (χ1n) is 12.8. The Kier molecular flexibility index (Phi) is 44.0. The fourth-order valence-electron chi connectivity index (χ4n) is 3.45. The Morgan fingerprint density at radius 3 is 0.583 bits per heavy atom. The van der Waals surface area contributed by atoms with Crippen LogP contribution < -0.4 is 0 Å². The molecule has 0 atom stereocenters. The maximum absolute atomic E-state index is 6.19. The molecule has 192 valence electrons. The fraction of sp³-hybridized carbons (Fsp3) is 0.231. The average Bonchev–Trinajstić information content (AvgIpc) is 2.94. The van der Waals surface area contributed by atoms with Gasteiger partial charge in [0, 0.05) is 169 Å². The van der Waals surface area contributed by atoms with Crippen LogP contribution in [0.15, 0.2) is 0 Å². The maximum atomic E-state index is 6.19. The normalized spacial score (nSPS) is 6.04. The fourth-order valence-corrected chi connectivity index (χ4v) is 3.45. The molecule has 0 saturated heterocycles. The summed E-state index contributed by atoms with van der Waals surface area (Å²) < 4.78 is 0. The highest BCUT2D eigenvalue weighted by Crippen LogP contribution is 2.04. The van der Waals surface area contributed by atoms with Gasteiger partial charge >= 0.3 is 0 Å². The number of hydrogen-bond acceptors (Lipinski definition) is 0. The van der Waals surface area contributed by atoms with Crippen molar-refractivity contribution in [2.75, 3.05) is 0 Å². The first kappa shape index (κ1) is 57.3. The topological polar surface area (TPSA) is 0 Å². The van der Waals surface area contributed by atoms with Gasteiger partial charge in [-0.3, -0.25) is 0 Å². The Labute approximate surface area is 317 Å². The lowest BCUT2D eigenvalue weighted by molar-refractivity contribution is 1.92. The first-order chi connectivity index (χ1) is 20.8. The molecule has 0 spiro atoms. The van der Waals surface area contributed by atoms with E-state index < -0.39 is 63.9 Å². The summed E-state index contributed by atoms with van der Waals surface area (Å²) in [5, 5.41) is 0. The monoisotopic (exact) mass is 576 g/mol. The highest BCUT2D eigenvalue weighted by Gasteiger charge is 2.42. The summed E-state index contributed by atoms with van der Waals surface area (Å²) in [7, 11) is 69.5. The van der Waals surface area contributed by atoms with Crippen molar-refractivity contribution in [3.8, 4) is 118 Å². The molecule has 48 heavy (non-hydrogen) atoms. The molecule has 0 aliphatic carbocycles. The Bertz CT molecular complexity index is 1450. The van der Waals surface area contributed by atoms with E-state index in [1.54, 1.807) is 13.8 Å². The molecule has 0 aromatic carbocycles. The van der Waals surface area contributed by atoms with Crippen LogP contribution in [-0.4, -0.2) is 157 Å². The smallest absolute Gasteiger partial charge is 0 e. The van der Waals surface area contributed by atoms with Crippen LogP contribution in [0.25, 0.3) is 0 Å². The van der Waals surface area contributed by atoms with Gasteiger partial charge in [-0.15, -0.1) is 0 Å². The predicted octanol–water partition coefficient (Wildman–Crippen LogP) is -4.77. The second-order valence-electron chi connectivity index (χ2n) is 8.52. The molecule has 0 fully saturated rings. The third-order valence-corrected chi connectivity index (χ3v) is 5.31. The van der Waals surface area contributed by atoms with Gasteiger partial charge in [0.15, 0.2) is 0 Å².